The highest BCUT2D eigenvalue weighted by molar-refractivity contribution is 7.19. The Hall–Kier alpha value is -2.64. The number of anilines is 1. The van der Waals surface area contributed by atoms with Crippen molar-refractivity contribution in [3.8, 4) is 6.07 Å². The number of nitrogens with zero attached hydrogens (tertiary/aromatic N) is 3. The molecular formula is C23H23N3S. The smallest absolute Gasteiger partial charge is 0.135 e. The molecule has 3 aromatic rings. The molecule has 0 atom stereocenters. The minimum atomic E-state index is 0.585. The van der Waals surface area contributed by atoms with E-state index in [1.807, 2.05) is 30.3 Å². The molecule has 0 bridgehead atoms. The quantitative estimate of drug-likeness (QED) is 0.517. The van der Waals surface area contributed by atoms with E-state index in [0.29, 0.717) is 11.6 Å². The van der Waals surface area contributed by atoms with Crippen LogP contribution in [0.4, 0.5) is 5.69 Å². The van der Waals surface area contributed by atoms with Gasteiger partial charge in [-0.1, -0.05) is 49.6 Å². The molecule has 3 nitrogen and oxygen atoms in total. The lowest BCUT2D eigenvalue weighted by atomic mass is 9.93. The number of hydrogen-bond acceptors (Lipinski definition) is 4. The summed E-state index contributed by atoms with van der Waals surface area (Å²) in [7, 11) is 2.19. The molecule has 1 fully saturated rings. The number of thiazole rings is 1. The van der Waals surface area contributed by atoms with Gasteiger partial charge in [0, 0.05) is 18.8 Å². The molecule has 0 spiro atoms. The zero-order valence-corrected chi connectivity index (χ0v) is 16.4. The highest BCUT2D eigenvalue weighted by Gasteiger charge is 2.20. The normalized spacial score (nSPS) is 15.6. The van der Waals surface area contributed by atoms with E-state index in [4.69, 9.17) is 0 Å². The molecule has 0 aliphatic heterocycles. The Labute approximate surface area is 164 Å². The summed E-state index contributed by atoms with van der Waals surface area (Å²) in [6.07, 6.45) is 8.45. The molecule has 27 heavy (non-hydrogen) atoms. The average molecular weight is 374 g/mol. The van der Waals surface area contributed by atoms with Gasteiger partial charge in [0.1, 0.15) is 11.1 Å². The van der Waals surface area contributed by atoms with Gasteiger partial charge in [-0.25, -0.2) is 4.98 Å². The van der Waals surface area contributed by atoms with Gasteiger partial charge in [0.2, 0.25) is 0 Å². The molecule has 1 saturated carbocycles. The number of para-hydroxylation sites is 2. The van der Waals surface area contributed by atoms with Crippen LogP contribution in [0, 0.1) is 11.3 Å². The first-order chi connectivity index (χ1) is 13.3. The Morgan fingerprint density at radius 3 is 2.63 bits per heavy atom. The van der Waals surface area contributed by atoms with Crippen LogP contribution in [0.25, 0.3) is 21.9 Å². The van der Waals surface area contributed by atoms with E-state index in [1.54, 1.807) is 11.3 Å². The van der Waals surface area contributed by atoms with Crippen LogP contribution in [0.2, 0.25) is 0 Å². The van der Waals surface area contributed by atoms with E-state index in [9.17, 15) is 5.26 Å². The van der Waals surface area contributed by atoms with Gasteiger partial charge >= 0.3 is 0 Å². The summed E-state index contributed by atoms with van der Waals surface area (Å²) >= 11 is 1.58. The van der Waals surface area contributed by atoms with Crippen LogP contribution >= 0.6 is 11.3 Å². The van der Waals surface area contributed by atoms with Crippen LogP contribution in [0.3, 0.4) is 0 Å². The van der Waals surface area contributed by atoms with E-state index in [0.717, 1.165) is 20.8 Å². The second-order valence-corrected chi connectivity index (χ2v) is 8.15. The fourth-order valence-electron chi connectivity index (χ4n) is 3.88. The van der Waals surface area contributed by atoms with Crippen molar-refractivity contribution in [2.75, 3.05) is 11.9 Å². The summed E-state index contributed by atoms with van der Waals surface area (Å²) < 4.78 is 1.11. The largest absolute Gasteiger partial charge is 0.371 e. The number of nitriles is 1. The maximum absolute atomic E-state index is 9.78. The monoisotopic (exact) mass is 373 g/mol. The number of benzene rings is 2. The molecule has 1 aliphatic rings. The van der Waals surface area contributed by atoms with Gasteiger partial charge in [0.15, 0.2) is 0 Å². The first-order valence-electron chi connectivity index (χ1n) is 9.56. The van der Waals surface area contributed by atoms with E-state index in [2.05, 4.69) is 47.3 Å². The number of allylic oxidation sites excluding steroid dienone is 1. The highest BCUT2D eigenvalue weighted by Crippen LogP contribution is 2.32. The molecule has 1 aromatic heterocycles. The maximum atomic E-state index is 9.78. The van der Waals surface area contributed by atoms with Gasteiger partial charge in [-0.3, -0.25) is 0 Å². The zero-order chi connectivity index (χ0) is 18.6. The van der Waals surface area contributed by atoms with Crippen LogP contribution in [-0.4, -0.2) is 18.1 Å². The Morgan fingerprint density at radius 2 is 1.85 bits per heavy atom. The minimum absolute atomic E-state index is 0.585. The molecule has 1 heterocycles. The predicted molar refractivity (Wildman–Crippen MR) is 115 cm³/mol. The third kappa shape index (κ3) is 3.74. The molecule has 4 heteroatoms. The first-order valence-corrected chi connectivity index (χ1v) is 10.4. The molecule has 1 aliphatic carbocycles. The second kappa shape index (κ2) is 7.94. The number of rotatable bonds is 4. The van der Waals surface area contributed by atoms with Gasteiger partial charge < -0.3 is 4.90 Å². The fourth-order valence-corrected chi connectivity index (χ4v) is 4.81. The second-order valence-electron chi connectivity index (χ2n) is 7.12. The summed E-state index contributed by atoms with van der Waals surface area (Å²) in [6, 6.07) is 19.4. The lowest BCUT2D eigenvalue weighted by molar-refractivity contribution is 0.427. The first kappa shape index (κ1) is 17.8. The van der Waals surface area contributed by atoms with Gasteiger partial charge in [-0.15, -0.1) is 11.3 Å². The molecule has 0 saturated heterocycles. The van der Waals surface area contributed by atoms with Crippen molar-refractivity contribution in [2.24, 2.45) is 0 Å². The van der Waals surface area contributed by atoms with Gasteiger partial charge in [0.25, 0.3) is 0 Å². The Bertz CT molecular complexity index is 973. The van der Waals surface area contributed by atoms with Crippen molar-refractivity contribution in [3.05, 3.63) is 59.1 Å². The topological polar surface area (TPSA) is 39.9 Å². The summed E-state index contributed by atoms with van der Waals surface area (Å²) in [5.74, 6) is 0. The summed E-state index contributed by atoms with van der Waals surface area (Å²) in [6.45, 7) is 0. The van der Waals surface area contributed by atoms with Crippen LogP contribution < -0.4 is 4.90 Å². The van der Waals surface area contributed by atoms with Crippen LogP contribution in [0.1, 0.15) is 42.7 Å². The number of aromatic nitrogens is 1. The molecular weight excluding hydrogens is 350 g/mol. The highest BCUT2D eigenvalue weighted by atomic mass is 32.1. The van der Waals surface area contributed by atoms with Crippen LogP contribution in [-0.2, 0) is 0 Å². The molecule has 0 radical (unpaired) electrons. The van der Waals surface area contributed by atoms with Crippen LogP contribution in [0.5, 0.6) is 0 Å². The third-order valence-corrected chi connectivity index (χ3v) is 6.45. The molecule has 2 aromatic carbocycles. The Balaban J connectivity index is 1.70. The lowest BCUT2D eigenvalue weighted by Crippen LogP contribution is -2.33. The van der Waals surface area contributed by atoms with Crippen molar-refractivity contribution in [3.63, 3.8) is 0 Å². The average Bonchev–Trinajstić information content (AvgIpc) is 3.16. The van der Waals surface area contributed by atoms with Gasteiger partial charge in [-0.2, -0.15) is 5.26 Å². The zero-order valence-electron chi connectivity index (χ0n) is 15.6. The minimum Gasteiger partial charge on any atom is -0.371 e. The van der Waals surface area contributed by atoms with E-state index >= 15 is 0 Å². The van der Waals surface area contributed by atoms with Crippen molar-refractivity contribution in [1.82, 2.24) is 4.98 Å². The third-order valence-electron chi connectivity index (χ3n) is 5.38. The molecule has 0 unspecified atom stereocenters. The standard InChI is InChI=1S/C23H23N3S/c1-26(19-10-3-2-4-11-19)21-13-7-5-9-17(21)15-18(16-24)23-25-20-12-6-8-14-22(20)27-23/h5-9,12-15,19H,2-4,10-11H2,1H3/b18-15-. The van der Waals surface area contributed by atoms with Crippen molar-refractivity contribution in [1.29, 1.82) is 5.26 Å². The van der Waals surface area contributed by atoms with E-state index in [-0.39, 0.29) is 0 Å². The molecule has 4 rings (SSSR count). The Morgan fingerprint density at radius 1 is 1.11 bits per heavy atom. The van der Waals surface area contributed by atoms with Crippen molar-refractivity contribution < 1.29 is 0 Å². The van der Waals surface area contributed by atoms with E-state index in [1.165, 1.54) is 37.8 Å². The molecule has 0 amide bonds. The SMILES string of the molecule is CN(c1ccccc1/C=C(/C#N)c1nc2ccccc2s1)C1CCCCC1. The van der Waals surface area contributed by atoms with Crippen molar-refractivity contribution in [2.45, 2.75) is 38.1 Å². The fraction of sp³-hybridized carbons (Fsp3) is 0.304. The van der Waals surface area contributed by atoms with Crippen LogP contribution in [0.15, 0.2) is 48.5 Å². The van der Waals surface area contributed by atoms with Gasteiger partial charge in [-0.05, 0) is 42.7 Å². The summed E-state index contributed by atoms with van der Waals surface area (Å²) in [5.41, 5.74) is 3.85. The predicted octanol–water partition coefficient (Wildman–Crippen LogP) is 6.13. The molecule has 136 valence electrons. The number of fused-ring (bicyclic) bond motifs is 1. The maximum Gasteiger partial charge on any atom is 0.135 e. The lowest BCUT2D eigenvalue weighted by Gasteiger charge is -2.34. The summed E-state index contributed by atoms with van der Waals surface area (Å²) in [5, 5.41) is 10.6. The van der Waals surface area contributed by atoms with E-state index < -0.39 is 0 Å². The number of hydrogen-bond donors (Lipinski definition) is 0. The van der Waals surface area contributed by atoms with Crippen molar-refractivity contribution >= 4 is 38.9 Å². The molecule has 0 N–H and O–H groups in total. The Kier molecular flexibility index (Phi) is 5.22. The summed E-state index contributed by atoms with van der Waals surface area (Å²) in [4.78, 5) is 7.06. The van der Waals surface area contributed by atoms with Gasteiger partial charge in [0.05, 0.1) is 15.8 Å².